The molecule has 2 aromatic rings. The van der Waals surface area contributed by atoms with Crippen LogP contribution in [0.4, 0.5) is 0 Å². The van der Waals surface area contributed by atoms with E-state index in [4.69, 9.17) is 0 Å². The van der Waals surface area contributed by atoms with Gasteiger partial charge >= 0.3 is 0 Å². The number of para-hydroxylation sites is 2. The number of carbonyl (C=O) groups is 1. The second-order valence-electron chi connectivity index (χ2n) is 3.47. The van der Waals surface area contributed by atoms with Gasteiger partial charge in [-0.2, -0.15) is 0 Å². The summed E-state index contributed by atoms with van der Waals surface area (Å²) in [6, 6.07) is 8.07. The van der Waals surface area contributed by atoms with Crippen LogP contribution in [0.1, 0.15) is 19.2 Å². The average molecular weight is 202 g/mol. The van der Waals surface area contributed by atoms with Gasteiger partial charge in [0.05, 0.1) is 11.0 Å². The van der Waals surface area contributed by atoms with Crippen molar-refractivity contribution in [3.8, 4) is 0 Å². The number of rotatable bonds is 4. The Kier molecular flexibility index (Phi) is 2.81. The van der Waals surface area contributed by atoms with Crippen LogP contribution in [0.2, 0.25) is 0 Å². The van der Waals surface area contributed by atoms with E-state index in [2.05, 4.69) is 22.5 Å². The highest BCUT2D eigenvalue weighted by Gasteiger charge is 2.07. The Balaban J connectivity index is 2.48. The molecule has 0 fully saturated rings. The van der Waals surface area contributed by atoms with Crippen molar-refractivity contribution in [1.82, 2.24) is 9.55 Å². The molecule has 1 aromatic carbocycles. The van der Waals surface area contributed by atoms with Gasteiger partial charge in [-0.1, -0.05) is 12.1 Å². The predicted octanol–water partition coefficient (Wildman–Crippen LogP) is 2.19. The van der Waals surface area contributed by atoms with E-state index < -0.39 is 0 Å². The van der Waals surface area contributed by atoms with E-state index in [1.54, 1.807) is 0 Å². The summed E-state index contributed by atoms with van der Waals surface area (Å²) >= 11 is 0. The molecule has 0 bridgehead atoms. The van der Waals surface area contributed by atoms with Crippen molar-refractivity contribution in [2.75, 3.05) is 0 Å². The molecule has 0 unspecified atom stereocenters. The van der Waals surface area contributed by atoms with Crippen LogP contribution in [0, 0.1) is 0 Å². The number of carbonyl (C=O) groups excluding carboxylic acids is 1. The number of aromatic nitrogens is 2. The van der Waals surface area contributed by atoms with Crippen LogP contribution in [-0.4, -0.2) is 15.8 Å². The van der Waals surface area contributed by atoms with Crippen molar-refractivity contribution in [3.63, 3.8) is 0 Å². The van der Waals surface area contributed by atoms with Crippen LogP contribution in [0.15, 0.2) is 24.3 Å². The standard InChI is InChI=1S/C12H14N2O/c1-2-14-11-7-4-3-6-10(11)13-12(14)8-5-9-15/h3-4,6-7,9H,2,5,8H2,1H3. The molecule has 0 radical (unpaired) electrons. The fraction of sp³-hybridized carbons (Fsp3) is 0.333. The molecule has 0 aliphatic heterocycles. The second kappa shape index (κ2) is 4.26. The summed E-state index contributed by atoms with van der Waals surface area (Å²) < 4.78 is 2.17. The Morgan fingerprint density at radius 2 is 2.20 bits per heavy atom. The minimum absolute atomic E-state index is 0.545. The number of aldehydes is 1. The summed E-state index contributed by atoms with van der Waals surface area (Å²) in [5.41, 5.74) is 2.17. The second-order valence-corrected chi connectivity index (χ2v) is 3.47. The van der Waals surface area contributed by atoms with Crippen molar-refractivity contribution >= 4 is 17.3 Å². The van der Waals surface area contributed by atoms with Gasteiger partial charge in [0.15, 0.2) is 0 Å². The number of nitrogens with zero attached hydrogens (tertiary/aromatic N) is 2. The largest absolute Gasteiger partial charge is 0.328 e. The van der Waals surface area contributed by atoms with Gasteiger partial charge in [0.1, 0.15) is 12.1 Å². The Morgan fingerprint density at radius 3 is 2.93 bits per heavy atom. The molecule has 3 heteroatoms. The van der Waals surface area contributed by atoms with Crippen molar-refractivity contribution in [2.45, 2.75) is 26.3 Å². The maximum absolute atomic E-state index is 10.4. The molecule has 0 aliphatic rings. The average Bonchev–Trinajstić information content (AvgIpc) is 2.63. The van der Waals surface area contributed by atoms with Gasteiger partial charge in [0.2, 0.25) is 0 Å². The first-order chi connectivity index (χ1) is 7.36. The summed E-state index contributed by atoms with van der Waals surface area (Å²) in [4.78, 5) is 14.9. The number of fused-ring (bicyclic) bond motifs is 1. The van der Waals surface area contributed by atoms with Crippen molar-refractivity contribution < 1.29 is 4.79 Å². The van der Waals surface area contributed by atoms with Crippen molar-refractivity contribution in [1.29, 1.82) is 0 Å². The van der Waals surface area contributed by atoms with Crippen molar-refractivity contribution in [3.05, 3.63) is 30.1 Å². The van der Waals surface area contributed by atoms with E-state index >= 15 is 0 Å². The lowest BCUT2D eigenvalue weighted by Gasteiger charge is -2.03. The molecule has 2 rings (SSSR count). The highest BCUT2D eigenvalue weighted by atomic mass is 16.1. The van der Waals surface area contributed by atoms with E-state index in [1.165, 1.54) is 0 Å². The Hall–Kier alpha value is -1.64. The van der Waals surface area contributed by atoms with Crippen molar-refractivity contribution in [2.24, 2.45) is 0 Å². The third-order valence-electron chi connectivity index (χ3n) is 2.54. The highest BCUT2D eigenvalue weighted by Crippen LogP contribution is 2.16. The summed E-state index contributed by atoms with van der Waals surface area (Å²) in [7, 11) is 0. The van der Waals surface area contributed by atoms with Crippen LogP contribution < -0.4 is 0 Å². The molecule has 0 aliphatic carbocycles. The normalized spacial score (nSPS) is 10.7. The molecule has 0 saturated carbocycles. The van der Waals surface area contributed by atoms with Crippen LogP contribution in [-0.2, 0) is 17.8 Å². The number of hydrogen-bond acceptors (Lipinski definition) is 2. The van der Waals surface area contributed by atoms with Crippen LogP contribution in [0.3, 0.4) is 0 Å². The third kappa shape index (κ3) is 1.77. The summed E-state index contributed by atoms with van der Waals surface area (Å²) in [6.07, 6.45) is 2.22. The predicted molar refractivity (Wildman–Crippen MR) is 59.8 cm³/mol. The first-order valence-electron chi connectivity index (χ1n) is 5.24. The fourth-order valence-corrected chi connectivity index (χ4v) is 1.86. The molecule has 0 atom stereocenters. The zero-order valence-corrected chi connectivity index (χ0v) is 8.81. The van der Waals surface area contributed by atoms with E-state index in [-0.39, 0.29) is 0 Å². The number of imidazole rings is 1. The molecule has 1 aromatic heterocycles. The zero-order valence-electron chi connectivity index (χ0n) is 8.81. The first kappa shape index (κ1) is 9.90. The summed E-state index contributed by atoms with van der Waals surface area (Å²) in [5, 5.41) is 0. The number of benzene rings is 1. The van der Waals surface area contributed by atoms with Gasteiger partial charge in [-0.25, -0.2) is 4.98 Å². The Labute approximate surface area is 88.7 Å². The van der Waals surface area contributed by atoms with E-state index in [0.717, 1.165) is 36.1 Å². The highest BCUT2D eigenvalue weighted by molar-refractivity contribution is 5.75. The fourth-order valence-electron chi connectivity index (χ4n) is 1.86. The number of hydrogen-bond donors (Lipinski definition) is 0. The molecule has 0 N–H and O–H groups in total. The first-order valence-corrected chi connectivity index (χ1v) is 5.24. The lowest BCUT2D eigenvalue weighted by molar-refractivity contribution is -0.107. The lowest BCUT2D eigenvalue weighted by atomic mass is 10.3. The lowest BCUT2D eigenvalue weighted by Crippen LogP contribution is -2.01. The maximum Gasteiger partial charge on any atom is 0.120 e. The zero-order chi connectivity index (χ0) is 10.7. The molecular weight excluding hydrogens is 188 g/mol. The van der Waals surface area contributed by atoms with Gasteiger partial charge in [-0.3, -0.25) is 0 Å². The van der Waals surface area contributed by atoms with Gasteiger partial charge in [-0.15, -0.1) is 0 Å². The van der Waals surface area contributed by atoms with Gasteiger partial charge in [0, 0.05) is 19.4 Å². The molecule has 0 saturated heterocycles. The van der Waals surface area contributed by atoms with Gasteiger partial charge in [-0.05, 0) is 19.1 Å². The minimum Gasteiger partial charge on any atom is -0.328 e. The minimum atomic E-state index is 0.545. The summed E-state index contributed by atoms with van der Waals surface area (Å²) in [6.45, 7) is 2.99. The molecule has 15 heavy (non-hydrogen) atoms. The van der Waals surface area contributed by atoms with E-state index in [9.17, 15) is 4.79 Å². The smallest absolute Gasteiger partial charge is 0.120 e. The molecule has 0 amide bonds. The molecule has 3 nitrogen and oxygen atoms in total. The molecule has 0 spiro atoms. The van der Waals surface area contributed by atoms with Crippen LogP contribution in [0.5, 0.6) is 0 Å². The summed E-state index contributed by atoms with van der Waals surface area (Å²) in [5.74, 6) is 1.01. The molecule has 78 valence electrons. The van der Waals surface area contributed by atoms with Crippen LogP contribution in [0.25, 0.3) is 11.0 Å². The topological polar surface area (TPSA) is 34.9 Å². The quantitative estimate of drug-likeness (QED) is 0.712. The third-order valence-corrected chi connectivity index (χ3v) is 2.54. The maximum atomic E-state index is 10.4. The SMILES string of the molecule is CCn1c(CCC=O)nc2ccccc21. The Bertz CT molecular complexity index is 473. The van der Waals surface area contributed by atoms with E-state index in [0.29, 0.717) is 6.42 Å². The Morgan fingerprint density at radius 1 is 1.40 bits per heavy atom. The van der Waals surface area contributed by atoms with E-state index in [1.807, 2.05) is 18.2 Å². The van der Waals surface area contributed by atoms with Gasteiger partial charge < -0.3 is 9.36 Å². The van der Waals surface area contributed by atoms with Crippen LogP contribution >= 0.6 is 0 Å². The molecule has 1 heterocycles. The number of aryl methyl sites for hydroxylation is 2. The monoisotopic (exact) mass is 202 g/mol. The van der Waals surface area contributed by atoms with Gasteiger partial charge in [0.25, 0.3) is 0 Å². The molecular formula is C12H14N2O.